The highest BCUT2D eigenvalue weighted by Gasteiger charge is 2.41. The average Bonchev–Trinajstić information content (AvgIpc) is 3.05. The first-order chi connectivity index (χ1) is 15.2. The van der Waals surface area contributed by atoms with Gasteiger partial charge in [0.15, 0.2) is 11.5 Å². The summed E-state index contributed by atoms with van der Waals surface area (Å²) in [5.41, 5.74) is 1.38. The molecule has 1 heterocycles. The van der Waals surface area contributed by atoms with E-state index in [0.29, 0.717) is 27.1 Å². The lowest BCUT2D eigenvalue weighted by Crippen LogP contribution is -2.42. The van der Waals surface area contributed by atoms with Gasteiger partial charge < -0.3 is 14.2 Å². The zero-order valence-electron chi connectivity index (χ0n) is 17.4. The van der Waals surface area contributed by atoms with E-state index in [1.54, 1.807) is 42.5 Å². The number of halogens is 2. The molecular weight excluding hydrogens is 477 g/mol. The first-order valence-electron chi connectivity index (χ1n) is 9.34. The highest BCUT2D eigenvalue weighted by atomic mass is 35.5. The molecule has 2 aromatic rings. The Hall–Kier alpha value is -2.68. The number of methoxy groups -OCH3 is 2. The van der Waals surface area contributed by atoms with Crippen LogP contribution in [0.3, 0.4) is 0 Å². The standard InChI is InChI=1S/C22H19Cl2NO6S/c1-12(21(27)30-3)25-20(26)19(32-22(25)28)9-13-4-7-17(18(8-13)29-2)31-11-14-5-6-15(23)10-16(14)24/h4-10,12H,11H2,1-3H3/b19-9+/t12-/m0/s1. The molecule has 0 aliphatic carbocycles. The molecule has 0 spiro atoms. The van der Waals surface area contributed by atoms with Gasteiger partial charge in [-0.25, -0.2) is 4.79 Å². The van der Waals surface area contributed by atoms with Crippen LogP contribution in [0.15, 0.2) is 41.3 Å². The first kappa shape index (κ1) is 24.0. The molecule has 10 heteroatoms. The largest absolute Gasteiger partial charge is 0.493 e. The van der Waals surface area contributed by atoms with Gasteiger partial charge in [-0.15, -0.1) is 0 Å². The second-order valence-corrected chi connectivity index (χ2v) is 8.52. The van der Waals surface area contributed by atoms with E-state index in [2.05, 4.69) is 4.74 Å². The number of carbonyl (C=O) groups is 3. The highest BCUT2D eigenvalue weighted by molar-refractivity contribution is 8.18. The number of imide groups is 1. The number of amides is 2. The molecule has 1 atom stereocenters. The molecule has 0 unspecified atom stereocenters. The van der Waals surface area contributed by atoms with Gasteiger partial charge in [-0.3, -0.25) is 14.5 Å². The molecule has 1 saturated heterocycles. The normalized spacial score (nSPS) is 15.8. The molecule has 0 aromatic heterocycles. The lowest BCUT2D eigenvalue weighted by atomic mass is 10.1. The number of hydrogen-bond donors (Lipinski definition) is 0. The van der Waals surface area contributed by atoms with Crippen molar-refractivity contribution in [2.45, 2.75) is 19.6 Å². The third kappa shape index (κ3) is 5.20. The fraction of sp³-hybridized carbons (Fsp3) is 0.227. The van der Waals surface area contributed by atoms with E-state index in [1.807, 2.05) is 0 Å². The maximum atomic E-state index is 12.6. The number of nitrogens with zero attached hydrogens (tertiary/aromatic N) is 1. The molecule has 1 aliphatic heterocycles. The Balaban J connectivity index is 1.78. The fourth-order valence-electron chi connectivity index (χ4n) is 2.93. The van der Waals surface area contributed by atoms with Crippen molar-refractivity contribution in [2.24, 2.45) is 0 Å². The number of benzene rings is 2. The number of rotatable bonds is 7. The van der Waals surface area contributed by atoms with Crippen LogP contribution in [0.1, 0.15) is 18.1 Å². The van der Waals surface area contributed by atoms with Gasteiger partial charge in [0.05, 0.1) is 19.1 Å². The van der Waals surface area contributed by atoms with Gasteiger partial charge in [-0.1, -0.05) is 35.3 Å². The van der Waals surface area contributed by atoms with E-state index < -0.39 is 23.2 Å². The predicted octanol–water partition coefficient (Wildman–Crippen LogP) is 5.18. The molecule has 168 valence electrons. The van der Waals surface area contributed by atoms with E-state index in [4.69, 9.17) is 32.7 Å². The molecule has 7 nitrogen and oxygen atoms in total. The summed E-state index contributed by atoms with van der Waals surface area (Å²) < 4.78 is 15.9. The Kier molecular flexibility index (Phi) is 7.71. The second-order valence-electron chi connectivity index (χ2n) is 6.69. The third-order valence-corrected chi connectivity index (χ3v) is 6.11. The predicted molar refractivity (Wildman–Crippen MR) is 123 cm³/mol. The Labute approximate surface area is 199 Å². The first-order valence-corrected chi connectivity index (χ1v) is 10.9. The maximum absolute atomic E-state index is 12.6. The Morgan fingerprint density at radius 3 is 2.53 bits per heavy atom. The van der Waals surface area contributed by atoms with Crippen LogP contribution in [0, 0.1) is 0 Å². The van der Waals surface area contributed by atoms with Gasteiger partial charge in [0.2, 0.25) is 0 Å². The lowest BCUT2D eigenvalue weighted by molar-refractivity contribution is -0.148. The van der Waals surface area contributed by atoms with E-state index >= 15 is 0 Å². The van der Waals surface area contributed by atoms with Crippen LogP contribution in [-0.2, 0) is 20.9 Å². The van der Waals surface area contributed by atoms with Crippen LogP contribution in [-0.4, -0.2) is 42.3 Å². The van der Waals surface area contributed by atoms with Gasteiger partial charge in [-0.05, 0) is 54.6 Å². The Bertz CT molecular complexity index is 1100. The molecule has 32 heavy (non-hydrogen) atoms. The van der Waals surface area contributed by atoms with Crippen molar-refractivity contribution in [2.75, 3.05) is 14.2 Å². The minimum atomic E-state index is -1.01. The fourth-order valence-corrected chi connectivity index (χ4v) is 4.30. The summed E-state index contributed by atoms with van der Waals surface area (Å²) in [6.45, 7) is 1.64. The van der Waals surface area contributed by atoms with Crippen LogP contribution in [0.2, 0.25) is 10.0 Å². The van der Waals surface area contributed by atoms with Gasteiger partial charge in [0.1, 0.15) is 12.6 Å². The minimum Gasteiger partial charge on any atom is -0.493 e. The number of esters is 1. The summed E-state index contributed by atoms with van der Waals surface area (Å²) in [5, 5.41) is 0.488. The maximum Gasteiger partial charge on any atom is 0.328 e. The third-order valence-electron chi connectivity index (χ3n) is 4.64. The van der Waals surface area contributed by atoms with Crippen molar-refractivity contribution in [1.82, 2.24) is 4.90 Å². The van der Waals surface area contributed by atoms with Crippen molar-refractivity contribution in [3.63, 3.8) is 0 Å². The average molecular weight is 496 g/mol. The SMILES string of the molecule is COC(=O)[C@H](C)N1C(=O)S/C(=C/c2ccc(OCc3ccc(Cl)cc3Cl)c(OC)c2)C1=O. The molecule has 2 amide bonds. The summed E-state index contributed by atoms with van der Waals surface area (Å²) in [6.07, 6.45) is 1.55. The molecule has 0 saturated carbocycles. The molecule has 2 aromatic carbocycles. The van der Waals surface area contributed by atoms with Crippen LogP contribution >= 0.6 is 35.0 Å². The molecule has 0 N–H and O–H groups in total. The second kappa shape index (κ2) is 10.3. The van der Waals surface area contributed by atoms with Crippen LogP contribution < -0.4 is 9.47 Å². The monoisotopic (exact) mass is 495 g/mol. The zero-order valence-corrected chi connectivity index (χ0v) is 19.7. The number of ether oxygens (including phenoxy) is 3. The van der Waals surface area contributed by atoms with Gasteiger partial charge in [0.25, 0.3) is 11.1 Å². The van der Waals surface area contributed by atoms with E-state index in [0.717, 1.165) is 22.2 Å². The van der Waals surface area contributed by atoms with Crippen molar-refractivity contribution in [3.8, 4) is 11.5 Å². The van der Waals surface area contributed by atoms with Gasteiger partial charge in [-0.2, -0.15) is 0 Å². The summed E-state index contributed by atoms with van der Waals surface area (Å²) in [7, 11) is 2.69. The van der Waals surface area contributed by atoms with Gasteiger partial charge >= 0.3 is 5.97 Å². The van der Waals surface area contributed by atoms with E-state index in [9.17, 15) is 14.4 Å². The van der Waals surface area contributed by atoms with Crippen LogP contribution in [0.25, 0.3) is 6.08 Å². The number of hydrogen-bond acceptors (Lipinski definition) is 7. The van der Waals surface area contributed by atoms with Crippen molar-refractivity contribution in [1.29, 1.82) is 0 Å². The lowest BCUT2D eigenvalue weighted by Gasteiger charge is -2.18. The smallest absolute Gasteiger partial charge is 0.328 e. The minimum absolute atomic E-state index is 0.189. The van der Waals surface area contributed by atoms with Gasteiger partial charge in [0, 0.05) is 15.6 Å². The topological polar surface area (TPSA) is 82.1 Å². The molecular formula is C22H19Cl2NO6S. The molecule has 1 fully saturated rings. The van der Waals surface area contributed by atoms with E-state index in [1.165, 1.54) is 21.1 Å². The van der Waals surface area contributed by atoms with E-state index in [-0.39, 0.29) is 11.5 Å². The highest BCUT2D eigenvalue weighted by Crippen LogP contribution is 2.36. The molecule has 0 bridgehead atoms. The van der Waals surface area contributed by atoms with Crippen molar-refractivity contribution in [3.05, 3.63) is 62.5 Å². The number of carbonyl (C=O) groups excluding carboxylic acids is 3. The zero-order chi connectivity index (χ0) is 23.4. The molecule has 0 radical (unpaired) electrons. The molecule has 3 rings (SSSR count). The van der Waals surface area contributed by atoms with Crippen molar-refractivity contribution >= 4 is 58.2 Å². The Morgan fingerprint density at radius 1 is 1.12 bits per heavy atom. The summed E-state index contributed by atoms with van der Waals surface area (Å²) in [6, 6.07) is 9.21. The molecule has 1 aliphatic rings. The number of thioether (sulfide) groups is 1. The summed E-state index contributed by atoms with van der Waals surface area (Å²) >= 11 is 12.8. The van der Waals surface area contributed by atoms with Crippen LogP contribution in [0.5, 0.6) is 11.5 Å². The summed E-state index contributed by atoms with van der Waals surface area (Å²) in [5.74, 6) is -0.318. The van der Waals surface area contributed by atoms with Crippen LogP contribution in [0.4, 0.5) is 4.79 Å². The van der Waals surface area contributed by atoms with Crippen molar-refractivity contribution < 1.29 is 28.6 Å². The quantitative estimate of drug-likeness (QED) is 0.386. The summed E-state index contributed by atoms with van der Waals surface area (Å²) in [4.78, 5) is 37.7. The Morgan fingerprint density at radius 2 is 1.88 bits per heavy atom.